The molecule has 1 amide bonds. The van der Waals surface area contributed by atoms with Crippen LogP contribution in [0, 0.1) is 5.41 Å². The summed E-state index contributed by atoms with van der Waals surface area (Å²) in [4.78, 5) is 20.3. The van der Waals surface area contributed by atoms with Gasteiger partial charge >= 0.3 is 6.09 Å². The summed E-state index contributed by atoms with van der Waals surface area (Å²) in [6.45, 7) is 6.12. The van der Waals surface area contributed by atoms with Gasteiger partial charge < -0.3 is 19.9 Å². The normalized spacial score (nSPS) is 19.2. The van der Waals surface area contributed by atoms with Crippen LogP contribution in [0.3, 0.4) is 0 Å². The quantitative estimate of drug-likeness (QED) is 0.648. The number of nitrogens with zero attached hydrogens (tertiary/aromatic N) is 3. The van der Waals surface area contributed by atoms with Crippen molar-refractivity contribution in [1.29, 1.82) is 0 Å². The second-order valence-corrected chi connectivity index (χ2v) is 7.24. The average molecular weight is 358 g/mol. The van der Waals surface area contributed by atoms with Crippen LogP contribution in [0.2, 0.25) is 0 Å². The van der Waals surface area contributed by atoms with Gasteiger partial charge in [0.1, 0.15) is 0 Å². The van der Waals surface area contributed by atoms with Gasteiger partial charge in [-0.25, -0.2) is 4.79 Å². The molecule has 1 aromatic rings. The molecule has 2 fully saturated rings. The molecule has 3 rings (SSSR count). The number of rotatable bonds is 5. The summed E-state index contributed by atoms with van der Waals surface area (Å²) in [5, 5.41) is 3.57. The Morgan fingerprint density at radius 2 is 1.81 bits per heavy atom. The number of carbonyl (C=O) groups is 1. The molecule has 0 aromatic heterocycles. The molecular weight excluding hydrogens is 328 g/mol. The fourth-order valence-corrected chi connectivity index (χ4v) is 3.54. The van der Waals surface area contributed by atoms with Crippen molar-refractivity contribution in [2.24, 2.45) is 10.4 Å². The number of carbonyl (C=O) groups excluding carboxylic acids is 1. The Labute approximate surface area is 156 Å². The highest BCUT2D eigenvalue weighted by Gasteiger charge is 2.42. The van der Waals surface area contributed by atoms with Crippen molar-refractivity contribution in [1.82, 2.24) is 15.1 Å². The third-order valence-electron chi connectivity index (χ3n) is 5.32. The number of hydrogen-bond acceptors (Lipinski definition) is 3. The number of piperazine rings is 1. The van der Waals surface area contributed by atoms with Crippen molar-refractivity contribution >= 4 is 12.1 Å². The minimum Gasteiger partial charge on any atom is -0.450 e. The SMILES string of the molecule is CCOC(=O)N1CCN(C(=NC)NCC2(Cc3ccccc3)CC2)CC1. The first-order valence-electron chi connectivity index (χ1n) is 9.57. The van der Waals surface area contributed by atoms with E-state index in [0.717, 1.165) is 32.0 Å². The zero-order valence-electron chi connectivity index (χ0n) is 15.9. The number of aliphatic imine (C=N–C) groups is 1. The van der Waals surface area contributed by atoms with Gasteiger partial charge in [-0.15, -0.1) is 0 Å². The van der Waals surface area contributed by atoms with Crippen LogP contribution in [0.25, 0.3) is 0 Å². The second-order valence-electron chi connectivity index (χ2n) is 7.24. The number of hydrogen-bond donors (Lipinski definition) is 1. The Kier molecular flexibility index (Phi) is 6.01. The molecule has 0 atom stereocenters. The fourth-order valence-electron chi connectivity index (χ4n) is 3.54. The van der Waals surface area contributed by atoms with E-state index in [2.05, 4.69) is 45.5 Å². The van der Waals surface area contributed by atoms with Crippen molar-refractivity contribution in [2.75, 3.05) is 46.4 Å². The Hall–Kier alpha value is -2.24. The van der Waals surface area contributed by atoms with Gasteiger partial charge in [-0.05, 0) is 37.2 Å². The summed E-state index contributed by atoms with van der Waals surface area (Å²) >= 11 is 0. The molecule has 1 saturated carbocycles. The molecule has 26 heavy (non-hydrogen) atoms. The molecular formula is C20H30N4O2. The summed E-state index contributed by atoms with van der Waals surface area (Å²) in [7, 11) is 1.83. The summed E-state index contributed by atoms with van der Waals surface area (Å²) in [5.74, 6) is 0.938. The van der Waals surface area contributed by atoms with E-state index in [1.807, 2.05) is 14.0 Å². The second kappa shape index (κ2) is 8.43. The summed E-state index contributed by atoms with van der Waals surface area (Å²) in [6, 6.07) is 10.7. The van der Waals surface area contributed by atoms with Gasteiger partial charge in [0, 0.05) is 39.8 Å². The molecule has 142 valence electrons. The zero-order chi connectivity index (χ0) is 18.4. The first kappa shape index (κ1) is 18.5. The van der Waals surface area contributed by atoms with E-state index in [1.165, 1.54) is 18.4 Å². The van der Waals surface area contributed by atoms with Gasteiger partial charge in [0.2, 0.25) is 0 Å². The number of ether oxygens (including phenoxy) is 1. The molecule has 6 nitrogen and oxygen atoms in total. The average Bonchev–Trinajstić information content (AvgIpc) is 3.43. The van der Waals surface area contributed by atoms with Crippen LogP contribution in [0.1, 0.15) is 25.3 Å². The minimum absolute atomic E-state index is 0.213. The third kappa shape index (κ3) is 4.68. The molecule has 0 spiro atoms. The van der Waals surface area contributed by atoms with E-state index in [4.69, 9.17) is 4.74 Å². The molecule has 0 radical (unpaired) electrons. The topological polar surface area (TPSA) is 57.2 Å². The van der Waals surface area contributed by atoms with Gasteiger partial charge in [-0.1, -0.05) is 30.3 Å². The van der Waals surface area contributed by atoms with Gasteiger partial charge in [0.05, 0.1) is 6.61 Å². The molecule has 1 N–H and O–H groups in total. The smallest absolute Gasteiger partial charge is 0.409 e. The zero-order valence-corrected chi connectivity index (χ0v) is 15.9. The van der Waals surface area contributed by atoms with Gasteiger partial charge in [0.25, 0.3) is 0 Å². The van der Waals surface area contributed by atoms with E-state index in [0.29, 0.717) is 25.1 Å². The molecule has 6 heteroatoms. The van der Waals surface area contributed by atoms with Gasteiger partial charge in [0.15, 0.2) is 5.96 Å². The van der Waals surface area contributed by atoms with Crippen LogP contribution in [-0.2, 0) is 11.2 Å². The van der Waals surface area contributed by atoms with Crippen molar-refractivity contribution in [3.63, 3.8) is 0 Å². The van der Waals surface area contributed by atoms with Gasteiger partial charge in [-0.3, -0.25) is 4.99 Å². The Morgan fingerprint density at radius 3 is 2.38 bits per heavy atom. The van der Waals surface area contributed by atoms with E-state index >= 15 is 0 Å². The maximum absolute atomic E-state index is 11.8. The van der Waals surface area contributed by atoms with E-state index in [1.54, 1.807) is 4.90 Å². The number of amides is 1. The lowest BCUT2D eigenvalue weighted by Crippen LogP contribution is -2.54. The van der Waals surface area contributed by atoms with Crippen LogP contribution < -0.4 is 5.32 Å². The molecule has 1 aliphatic carbocycles. The predicted molar refractivity (Wildman–Crippen MR) is 103 cm³/mol. The largest absolute Gasteiger partial charge is 0.450 e. The fraction of sp³-hybridized carbons (Fsp3) is 0.600. The lowest BCUT2D eigenvalue weighted by Gasteiger charge is -2.36. The number of guanidine groups is 1. The van der Waals surface area contributed by atoms with Crippen LogP contribution in [-0.4, -0.2) is 68.2 Å². The summed E-state index contributed by atoms with van der Waals surface area (Å²) in [6.07, 6.45) is 3.44. The lowest BCUT2D eigenvalue weighted by molar-refractivity contribution is 0.0914. The Morgan fingerprint density at radius 1 is 1.15 bits per heavy atom. The monoisotopic (exact) mass is 358 g/mol. The molecule has 0 unspecified atom stereocenters. The highest BCUT2D eigenvalue weighted by Crippen LogP contribution is 2.47. The molecule has 1 aliphatic heterocycles. The van der Waals surface area contributed by atoms with Crippen molar-refractivity contribution in [3.05, 3.63) is 35.9 Å². The molecule has 1 aromatic carbocycles. The molecule has 1 saturated heterocycles. The molecule has 2 aliphatic rings. The predicted octanol–water partition coefficient (Wildman–Crippen LogP) is 2.36. The van der Waals surface area contributed by atoms with Gasteiger partial charge in [-0.2, -0.15) is 0 Å². The van der Waals surface area contributed by atoms with Crippen LogP contribution in [0.15, 0.2) is 35.3 Å². The van der Waals surface area contributed by atoms with E-state index < -0.39 is 0 Å². The molecule has 1 heterocycles. The Balaban J connectivity index is 1.48. The van der Waals surface area contributed by atoms with Crippen LogP contribution in [0.5, 0.6) is 0 Å². The van der Waals surface area contributed by atoms with Crippen LogP contribution >= 0.6 is 0 Å². The third-order valence-corrected chi connectivity index (χ3v) is 5.32. The summed E-state index contributed by atoms with van der Waals surface area (Å²) in [5.41, 5.74) is 1.77. The van der Waals surface area contributed by atoms with Crippen LogP contribution in [0.4, 0.5) is 4.79 Å². The minimum atomic E-state index is -0.213. The van der Waals surface area contributed by atoms with E-state index in [9.17, 15) is 4.79 Å². The maximum Gasteiger partial charge on any atom is 0.409 e. The lowest BCUT2D eigenvalue weighted by atomic mass is 9.96. The number of nitrogens with one attached hydrogen (secondary N) is 1. The van der Waals surface area contributed by atoms with E-state index in [-0.39, 0.29) is 6.09 Å². The summed E-state index contributed by atoms with van der Waals surface area (Å²) < 4.78 is 5.08. The maximum atomic E-state index is 11.8. The van der Waals surface area contributed by atoms with Crippen molar-refractivity contribution in [3.8, 4) is 0 Å². The molecule has 0 bridgehead atoms. The van der Waals surface area contributed by atoms with Crippen molar-refractivity contribution < 1.29 is 9.53 Å². The standard InChI is InChI=1S/C20H30N4O2/c1-3-26-19(25)24-13-11-23(12-14-24)18(21-2)22-16-20(9-10-20)15-17-7-5-4-6-8-17/h4-8H,3,9-16H2,1-2H3,(H,21,22). The first-order chi connectivity index (χ1) is 12.7. The Bertz CT molecular complexity index is 620. The van der Waals surface area contributed by atoms with Crippen molar-refractivity contribution in [2.45, 2.75) is 26.2 Å². The highest BCUT2D eigenvalue weighted by atomic mass is 16.6. The highest BCUT2D eigenvalue weighted by molar-refractivity contribution is 5.80. The first-order valence-corrected chi connectivity index (χ1v) is 9.57. The number of benzene rings is 1.